The van der Waals surface area contributed by atoms with E-state index < -0.39 is 0 Å². The zero-order valence-corrected chi connectivity index (χ0v) is 15.2. The summed E-state index contributed by atoms with van der Waals surface area (Å²) < 4.78 is 2.01. The molecule has 132 valence electrons. The summed E-state index contributed by atoms with van der Waals surface area (Å²) >= 11 is 0. The minimum absolute atomic E-state index is 0.0268. The van der Waals surface area contributed by atoms with E-state index in [2.05, 4.69) is 24.4 Å². The van der Waals surface area contributed by atoms with E-state index >= 15 is 0 Å². The van der Waals surface area contributed by atoms with E-state index in [0.29, 0.717) is 12.1 Å². The van der Waals surface area contributed by atoms with Crippen molar-refractivity contribution in [2.75, 3.05) is 12.4 Å². The quantitative estimate of drug-likeness (QED) is 0.786. The Morgan fingerprint density at radius 2 is 1.73 bits per heavy atom. The van der Waals surface area contributed by atoms with Crippen LogP contribution in [0.15, 0.2) is 54.6 Å². The number of para-hydroxylation sites is 1. The second kappa shape index (κ2) is 6.33. The summed E-state index contributed by atoms with van der Waals surface area (Å²) in [5.74, 6) is 0.0268. The lowest BCUT2D eigenvalue weighted by Gasteiger charge is -2.35. The standard InChI is InChI=1S/C21H22N4O/c1-14-19(15(2)25(23-14)13-16-9-5-4-6-10-16)20-22-18-12-8-7-11-17(18)21(26)24(20)3/h4-12,20,22H,13H2,1-3H3. The first-order valence-corrected chi connectivity index (χ1v) is 8.77. The largest absolute Gasteiger partial charge is 0.361 e. The highest BCUT2D eigenvalue weighted by Gasteiger charge is 2.33. The zero-order chi connectivity index (χ0) is 18.3. The Kier molecular flexibility index (Phi) is 3.99. The topological polar surface area (TPSA) is 50.2 Å². The minimum atomic E-state index is -0.220. The summed E-state index contributed by atoms with van der Waals surface area (Å²) in [5.41, 5.74) is 5.86. The van der Waals surface area contributed by atoms with Crippen molar-refractivity contribution in [1.82, 2.24) is 14.7 Å². The SMILES string of the molecule is Cc1nn(Cc2ccccc2)c(C)c1C1Nc2ccccc2C(=O)N1C. The molecular weight excluding hydrogens is 324 g/mol. The second-order valence-corrected chi connectivity index (χ2v) is 6.74. The third-order valence-corrected chi connectivity index (χ3v) is 5.04. The Morgan fingerprint density at radius 1 is 1.04 bits per heavy atom. The van der Waals surface area contributed by atoms with Crippen LogP contribution in [-0.4, -0.2) is 27.6 Å². The van der Waals surface area contributed by atoms with Gasteiger partial charge in [-0.3, -0.25) is 9.48 Å². The van der Waals surface area contributed by atoms with Crippen LogP contribution >= 0.6 is 0 Å². The number of aromatic nitrogens is 2. The minimum Gasteiger partial charge on any atom is -0.361 e. The van der Waals surface area contributed by atoms with Crippen LogP contribution in [0.4, 0.5) is 5.69 Å². The van der Waals surface area contributed by atoms with Gasteiger partial charge in [-0.2, -0.15) is 5.10 Å². The van der Waals surface area contributed by atoms with Crippen molar-refractivity contribution < 1.29 is 4.79 Å². The fourth-order valence-corrected chi connectivity index (χ4v) is 3.63. The van der Waals surface area contributed by atoms with E-state index in [1.165, 1.54) is 5.56 Å². The number of rotatable bonds is 3. The van der Waals surface area contributed by atoms with E-state index in [1.54, 1.807) is 4.90 Å². The van der Waals surface area contributed by atoms with Crippen LogP contribution in [0.3, 0.4) is 0 Å². The molecule has 0 spiro atoms. The number of carbonyl (C=O) groups excluding carboxylic acids is 1. The Bertz CT molecular complexity index is 961. The Morgan fingerprint density at radius 3 is 2.50 bits per heavy atom. The Balaban J connectivity index is 1.71. The fourth-order valence-electron chi connectivity index (χ4n) is 3.63. The monoisotopic (exact) mass is 346 g/mol. The fraction of sp³-hybridized carbons (Fsp3) is 0.238. The molecule has 1 atom stereocenters. The molecule has 1 unspecified atom stereocenters. The lowest BCUT2D eigenvalue weighted by Crippen LogP contribution is -2.40. The van der Waals surface area contributed by atoms with Crippen LogP contribution in [0, 0.1) is 13.8 Å². The molecule has 1 N–H and O–H groups in total. The molecule has 2 heterocycles. The molecule has 1 amide bonds. The molecule has 5 heteroatoms. The first-order valence-electron chi connectivity index (χ1n) is 8.77. The van der Waals surface area contributed by atoms with Crippen molar-refractivity contribution in [3.05, 3.63) is 82.7 Å². The first kappa shape index (κ1) is 16.4. The number of hydrogen-bond donors (Lipinski definition) is 1. The average Bonchev–Trinajstić information content (AvgIpc) is 2.92. The number of carbonyl (C=O) groups is 1. The molecule has 1 aliphatic heterocycles. The molecule has 0 bridgehead atoms. The summed E-state index contributed by atoms with van der Waals surface area (Å²) in [4.78, 5) is 14.5. The molecule has 26 heavy (non-hydrogen) atoms. The predicted octanol–water partition coefficient (Wildman–Crippen LogP) is 3.74. The highest BCUT2D eigenvalue weighted by atomic mass is 16.2. The van der Waals surface area contributed by atoms with E-state index in [-0.39, 0.29) is 12.1 Å². The van der Waals surface area contributed by atoms with E-state index in [9.17, 15) is 4.79 Å². The van der Waals surface area contributed by atoms with Crippen LogP contribution in [0.5, 0.6) is 0 Å². The normalized spacial score (nSPS) is 16.3. The van der Waals surface area contributed by atoms with Gasteiger partial charge in [-0.05, 0) is 31.5 Å². The Hall–Kier alpha value is -3.08. The number of amides is 1. The summed E-state index contributed by atoms with van der Waals surface area (Å²) in [6, 6.07) is 17.9. The molecule has 0 saturated heterocycles. The van der Waals surface area contributed by atoms with Gasteiger partial charge < -0.3 is 10.2 Å². The highest BCUT2D eigenvalue weighted by molar-refractivity contribution is 6.01. The van der Waals surface area contributed by atoms with Gasteiger partial charge in [-0.15, -0.1) is 0 Å². The molecule has 5 nitrogen and oxygen atoms in total. The molecule has 0 radical (unpaired) electrons. The first-order chi connectivity index (χ1) is 12.6. The molecule has 0 saturated carbocycles. The molecule has 1 aliphatic rings. The molecule has 0 fully saturated rings. The maximum absolute atomic E-state index is 12.8. The van der Waals surface area contributed by atoms with Crippen molar-refractivity contribution in [3.63, 3.8) is 0 Å². The van der Waals surface area contributed by atoms with Crippen LogP contribution in [0.25, 0.3) is 0 Å². The molecule has 0 aliphatic carbocycles. The number of fused-ring (bicyclic) bond motifs is 1. The van der Waals surface area contributed by atoms with Crippen LogP contribution in [-0.2, 0) is 6.54 Å². The van der Waals surface area contributed by atoms with E-state index in [0.717, 1.165) is 22.6 Å². The predicted molar refractivity (Wildman–Crippen MR) is 102 cm³/mol. The van der Waals surface area contributed by atoms with Crippen LogP contribution in [0.1, 0.15) is 39.0 Å². The molecule has 2 aromatic carbocycles. The van der Waals surface area contributed by atoms with Crippen molar-refractivity contribution in [3.8, 4) is 0 Å². The van der Waals surface area contributed by atoms with Gasteiger partial charge in [0.2, 0.25) is 0 Å². The summed E-state index contributed by atoms with van der Waals surface area (Å²) in [5, 5.41) is 8.24. The zero-order valence-electron chi connectivity index (χ0n) is 15.2. The van der Waals surface area contributed by atoms with E-state index in [4.69, 9.17) is 5.10 Å². The van der Waals surface area contributed by atoms with Crippen molar-refractivity contribution in [2.45, 2.75) is 26.6 Å². The second-order valence-electron chi connectivity index (χ2n) is 6.74. The van der Waals surface area contributed by atoms with Crippen LogP contribution < -0.4 is 5.32 Å². The molecule has 4 rings (SSSR count). The number of benzene rings is 2. The van der Waals surface area contributed by atoms with Gasteiger partial charge in [0.1, 0.15) is 6.17 Å². The van der Waals surface area contributed by atoms with Gasteiger partial charge in [-0.25, -0.2) is 0 Å². The molecule has 3 aromatic rings. The molecular formula is C21H22N4O. The van der Waals surface area contributed by atoms with E-state index in [1.807, 2.05) is 61.1 Å². The van der Waals surface area contributed by atoms with Gasteiger partial charge in [0.05, 0.1) is 17.8 Å². The van der Waals surface area contributed by atoms with Gasteiger partial charge in [0.25, 0.3) is 5.91 Å². The Labute approximate surface area is 153 Å². The number of aryl methyl sites for hydroxylation is 1. The summed E-state index contributed by atoms with van der Waals surface area (Å²) in [6.07, 6.45) is -0.220. The van der Waals surface area contributed by atoms with Gasteiger partial charge in [-0.1, -0.05) is 42.5 Å². The smallest absolute Gasteiger partial charge is 0.257 e. The van der Waals surface area contributed by atoms with Gasteiger partial charge in [0, 0.05) is 24.0 Å². The lowest BCUT2D eigenvalue weighted by molar-refractivity contribution is 0.0735. The maximum atomic E-state index is 12.8. The lowest BCUT2D eigenvalue weighted by atomic mass is 10.0. The molecule has 1 aromatic heterocycles. The summed E-state index contributed by atoms with van der Waals surface area (Å²) in [7, 11) is 1.84. The van der Waals surface area contributed by atoms with Gasteiger partial charge in [0.15, 0.2) is 0 Å². The number of anilines is 1. The third-order valence-electron chi connectivity index (χ3n) is 5.04. The summed E-state index contributed by atoms with van der Waals surface area (Å²) in [6.45, 7) is 4.79. The number of nitrogens with zero attached hydrogens (tertiary/aromatic N) is 3. The van der Waals surface area contributed by atoms with Crippen molar-refractivity contribution >= 4 is 11.6 Å². The maximum Gasteiger partial charge on any atom is 0.257 e. The average molecular weight is 346 g/mol. The highest BCUT2D eigenvalue weighted by Crippen LogP contribution is 2.34. The van der Waals surface area contributed by atoms with Crippen LogP contribution in [0.2, 0.25) is 0 Å². The van der Waals surface area contributed by atoms with Crippen molar-refractivity contribution in [1.29, 1.82) is 0 Å². The van der Waals surface area contributed by atoms with Crippen molar-refractivity contribution in [2.24, 2.45) is 0 Å². The number of nitrogens with one attached hydrogen (secondary N) is 1. The number of hydrogen-bond acceptors (Lipinski definition) is 3. The van der Waals surface area contributed by atoms with Gasteiger partial charge >= 0.3 is 0 Å². The third kappa shape index (κ3) is 2.65.